The van der Waals surface area contributed by atoms with Gasteiger partial charge in [0.05, 0.1) is 12.2 Å². The molecule has 0 fully saturated rings. The van der Waals surface area contributed by atoms with Crippen molar-refractivity contribution in [2.24, 2.45) is 0 Å². The first kappa shape index (κ1) is 23.8. The van der Waals surface area contributed by atoms with Crippen LogP contribution in [0.5, 0.6) is 0 Å². The van der Waals surface area contributed by atoms with Crippen LogP contribution in [0.4, 0.5) is 0 Å². The predicted molar refractivity (Wildman–Crippen MR) is 108 cm³/mol. The maximum atomic E-state index is 10.3. The van der Waals surface area contributed by atoms with E-state index in [2.05, 4.69) is 6.92 Å². The Morgan fingerprint density at radius 3 is 2.12 bits per heavy atom. The molecule has 0 aromatic rings. The average molecular weight is 360 g/mol. The summed E-state index contributed by atoms with van der Waals surface area (Å²) < 4.78 is 0. The topological polar surface area (TPSA) is 77.8 Å². The minimum absolute atomic E-state index is 0.120. The van der Waals surface area contributed by atoms with Gasteiger partial charge in [-0.3, -0.25) is 4.79 Å². The van der Waals surface area contributed by atoms with Crippen LogP contribution in [0.15, 0.2) is 72.9 Å². The molecule has 0 aromatic heterocycles. The molecular formula is C22H32O4. The number of carboxylic acids is 1. The first-order valence-electron chi connectivity index (χ1n) is 9.10. The first-order valence-corrected chi connectivity index (χ1v) is 9.10. The molecule has 0 aromatic carbocycles. The number of rotatable bonds is 14. The van der Waals surface area contributed by atoms with Crippen LogP contribution in [0.2, 0.25) is 0 Å². The molecule has 0 aliphatic heterocycles. The van der Waals surface area contributed by atoms with E-state index in [4.69, 9.17) is 5.11 Å². The largest absolute Gasteiger partial charge is 0.481 e. The lowest BCUT2D eigenvalue weighted by atomic mass is 10.1. The molecule has 0 aliphatic carbocycles. The Kier molecular flexibility index (Phi) is 16.2. The van der Waals surface area contributed by atoms with Gasteiger partial charge >= 0.3 is 5.97 Å². The molecule has 0 saturated heterocycles. The van der Waals surface area contributed by atoms with Crippen LogP contribution < -0.4 is 0 Å². The van der Waals surface area contributed by atoms with E-state index in [1.807, 2.05) is 60.8 Å². The minimum atomic E-state index is -0.810. The van der Waals surface area contributed by atoms with Gasteiger partial charge < -0.3 is 15.3 Å². The van der Waals surface area contributed by atoms with Gasteiger partial charge in [0.2, 0.25) is 0 Å². The maximum absolute atomic E-state index is 10.3. The Morgan fingerprint density at radius 1 is 0.808 bits per heavy atom. The number of hydrogen-bond donors (Lipinski definition) is 3. The van der Waals surface area contributed by atoms with Crippen molar-refractivity contribution in [3.05, 3.63) is 72.9 Å². The normalized spacial score (nSPS) is 15.5. The Bertz CT molecular complexity index is 524. The van der Waals surface area contributed by atoms with Crippen LogP contribution in [-0.4, -0.2) is 33.5 Å². The molecule has 0 spiro atoms. The maximum Gasteiger partial charge on any atom is 0.303 e. The molecule has 2 unspecified atom stereocenters. The van der Waals surface area contributed by atoms with Crippen molar-refractivity contribution < 1.29 is 20.1 Å². The van der Waals surface area contributed by atoms with Crippen LogP contribution in [-0.2, 0) is 4.79 Å². The molecule has 26 heavy (non-hydrogen) atoms. The standard InChI is InChI=1S/C22H32O4/c1-2-3-10-15-20(23)16-11-7-5-4-6-8-12-17-21(24)18-13-9-14-19-22(25)26/h3-13,16,20-21,23-24H,2,14-15,17-19H2,1H3,(H,25,26). The van der Waals surface area contributed by atoms with Crippen molar-refractivity contribution >= 4 is 5.97 Å². The summed E-state index contributed by atoms with van der Waals surface area (Å²) in [5, 5.41) is 27.9. The molecule has 0 saturated carbocycles. The fourth-order valence-electron chi connectivity index (χ4n) is 1.92. The van der Waals surface area contributed by atoms with Crippen molar-refractivity contribution in [3.63, 3.8) is 0 Å². The molecule has 144 valence electrons. The second-order valence-electron chi connectivity index (χ2n) is 5.79. The molecule has 0 aliphatic rings. The Hall–Kier alpha value is -2.17. The quantitative estimate of drug-likeness (QED) is 0.315. The molecule has 4 heteroatoms. The lowest BCUT2D eigenvalue weighted by molar-refractivity contribution is -0.136. The van der Waals surface area contributed by atoms with Crippen LogP contribution in [0, 0.1) is 0 Å². The van der Waals surface area contributed by atoms with E-state index >= 15 is 0 Å². The molecule has 0 rings (SSSR count). The van der Waals surface area contributed by atoms with Gasteiger partial charge in [0.1, 0.15) is 0 Å². The summed E-state index contributed by atoms with van der Waals surface area (Å²) in [5.74, 6) is -0.810. The van der Waals surface area contributed by atoms with E-state index in [0.717, 1.165) is 6.42 Å². The number of hydrogen-bond acceptors (Lipinski definition) is 3. The summed E-state index contributed by atoms with van der Waals surface area (Å²) in [5.41, 5.74) is 0. The second-order valence-corrected chi connectivity index (χ2v) is 5.79. The minimum Gasteiger partial charge on any atom is -0.481 e. The van der Waals surface area contributed by atoms with Crippen LogP contribution in [0.3, 0.4) is 0 Å². The number of aliphatic hydroxyl groups excluding tert-OH is 2. The molecule has 3 N–H and O–H groups in total. The van der Waals surface area contributed by atoms with E-state index in [-0.39, 0.29) is 6.42 Å². The van der Waals surface area contributed by atoms with Gasteiger partial charge in [-0.25, -0.2) is 0 Å². The summed E-state index contributed by atoms with van der Waals surface area (Å²) in [6, 6.07) is 0. The van der Waals surface area contributed by atoms with Gasteiger partial charge in [-0.1, -0.05) is 79.8 Å². The Morgan fingerprint density at radius 2 is 1.42 bits per heavy atom. The predicted octanol–water partition coefficient (Wildman–Crippen LogP) is 4.49. The summed E-state index contributed by atoms with van der Waals surface area (Å²) in [4.78, 5) is 10.3. The molecule has 0 amide bonds. The van der Waals surface area contributed by atoms with E-state index in [0.29, 0.717) is 25.7 Å². The number of aliphatic hydroxyl groups is 2. The molecule has 4 nitrogen and oxygen atoms in total. The van der Waals surface area contributed by atoms with Gasteiger partial charge in [0.25, 0.3) is 0 Å². The second kappa shape index (κ2) is 17.6. The Balaban J connectivity index is 3.85. The van der Waals surface area contributed by atoms with Crippen molar-refractivity contribution in [1.82, 2.24) is 0 Å². The van der Waals surface area contributed by atoms with Gasteiger partial charge in [0.15, 0.2) is 0 Å². The third-order valence-corrected chi connectivity index (χ3v) is 3.31. The van der Waals surface area contributed by atoms with Gasteiger partial charge in [-0.2, -0.15) is 0 Å². The van der Waals surface area contributed by atoms with Crippen molar-refractivity contribution in [3.8, 4) is 0 Å². The van der Waals surface area contributed by atoms with E-state index in [9.17, 15) is 15.0 Å². The third kappa shape index (κ3) is 18.2. The van der Waals surface area contributed by atoms with E-state index < -0.39 is 18.2 Å². The van der Waals surface area contributed by atoms with Crippen LogP contribution in [0.25, 0.3) is 0 Å². The Labute approximate surface area is 157 Å². The summed E-state index contributed by atoms with van der Waals surface area (Å²) in [7, 11) is 0. The van der Waals surface area contributed by atoms with Gasteiger partial charge in [0, 0.05) is 6.42 Å². The lowest BCUT2D eigenvalue weighted by Gasteiger charge is -2.02. The zero-order valence-electron chi connectivity index (χ0n) is 15.6. The fourth-order valence-corrected chi connectivity index (χ4v) is 1.92. The highest BCUT2D eigenvalue weighted by atomic mass is 16.4. The number of carbonyl (C=O) groups is 1. The number of allylic oxidation sites excluding steroid dienone is 8. The SMILES string of the molecule is CCC=CCC(O)C=CC=CC=CC=CCC(O)CC=CCCC(=O)O. The zero-order chi connectivity index (χ0) is 19.5. The molecule has 0 radical (unpaired) electrons. The summed E-state index contributed by atoms with van der Waals surface area (Å²) in [6.45, 7) is 2.06. The monoisotopic (exact) mass is 360 g/mol. The van der Waals surface area contributed by atoms with Crippen molar-refractivity contribution in [1.29, 1.82) is 0 Å². The lowest BCUT2D eigenvalue weighted by Crippen LogP contribution is -2.02. The zero-order valence-corrected chi connectivity index (χ0v) is 15.6. The van der Waals surface area contributed by atoms with Gasteiger partial charge in [-0.15, -0.1) is 0 Å². The highest BCUT2D eigenvalue weighted by molar-refractivity contribution is 5.66. The highest BCUT2D eigenvalue weighted by Crippen LogP contribution is 2.02. The van der Waals surface area contributed by atoms with Gasteiger partial charge in [-0.05, 0) is 32.1 Å². The smallest absolute Gasteiger partial charge is 0.303 e. The molecule has 0 bridgehead atoms. The first-order chi connectivity index (χ1) is 12.6. The van der Waals surface area contributed by atoms with E-state index in [1.165, 1.54) is 0 Å². The van der Waals surface area contributed by atoms with Crippen molar-refractivity contribution in [2.75, 3.05) is 0 Å². The van der Waals surface area contributed by atoms with Crippen LogP contribution >= 0.6 is 0 Å². The fraction of sp³-hybridized carbons (Fsp3) is 0.409. The van der Waals surface area contributed by atoms with E-state index in [1.54, 1.807) is 12.2 Å². The highest BCUT2D eigenvalue weighted by Gasteiger charge is 1.97. The third-order valence-electron chi connectivity index (χ3n) is 3.31. The molecule has 0 heterocycles. The number of carboxylic acid groups (broad SMARTS) is 1. The summed E-state index contributed by atoms with van der Waals surface area (Å²) >= 11 is 0. The number of aliphatic carboxylic acids is 1. The van der Waals surface area contributed by atoms with Crippen molar-refractivity contribution in [2.45, 2.75) is 57.7 Å². The molecule has 2 atom stereocenters. The molecular weight excluding hydrogens is 328 g/mol. The van der Waals surface area contributed by atoms with Crippen LogP contribution in [0.1, 0.15) is 45.4 Å². The average Bonchev–Trinajstić information content (AvgIpc) is 2.60. The summed E-state index contributed by atoms with van der Waals surface area (Å²) in [6.07, 6.45) is 24.8.